The Hall–Kier alpha value is -5.06. The molecular weight excluding hydrogens is 775 g/mol. The molecule has 7 heteroatoms. The number of benzene rings is 5. The van der Waals surface area contributed by atoms with Gasteiger partial charge in [0.05, 0.1) is 11.7 Å². The van der Waals surface area contributed by atoms with Crippen LogP contribution in [0.15, 0.2) is 116 Å². The molecular formula is C47H40N4OPdS. The van der Waals surface area contributed by atoms with E-state index in [-0.39, 0.29) is 20.4 Å². The Balaban J connectivity index is 0.00000413. The molecule has 0 radical (unpaired) electrons. The maximum Gasteiger partial charge on any atom is 2.00 e. The molecule has 0 unspecified atom stereocenters. The van der Waals surface area contributed by atoms with Gasteiger partial charge in [0.1, 0.15) is 5.82 Å². The standard InChI is InChI=1S/C47H40N4OS.Pd/c1-28(2)31-22-39(29(3)4)45(40(23-31)30(5)6)32-26-49-50(27-32)33-12-11-13-34(24-33)52-35-17-18-36-37-19-20-43-46(38-14-7-8-15-42(38)53-43)47(37)51(41(36)25-35)44-16-9-10-21-48-44;/h7-23,26-30H,1-6H3;/q-2;+2. The summed E-state index contributed by atoms with van der Waals surface area (Å²) in [5, 5.41) is 9.57. The maximum absolute atomic E-state index is 6.52. The van der Waals surface area contributed by atoms with Gasteiger partial charge in [0, 0.05) is 49.6 Å². The van der Waals surface area contributed by atoms with Crippen LogP contribution in [0.1, 0.15) is 76.0 Å². The van der Waals surface area contributed by atoms with E-state index in [0.717, 1.165) is 38.9 Å². The summed E-state index contributed by atoms with van der Waals surface area (Å²) in [5.41, 5.74) is 9.36. The van der Waals surface area contributed by atoms with Gasteiger partial charge in [-0.2, -0.15) is 17.2 Å². The molecule has 0 fully saturated rings. The second-order valence-corrected chi connectivity index (χ2v) is 15.8. The number of rotatable bonds is 8. The first kappa shape index (κ1) is 35.9. The number of fused-ring (bicyclic) bond motifs is 7. The van der Waals surface area contributed by atoms with E-state index in [9.17, 15) is 0 Å². The van der Waals surface area contributed by atoms with E-state index in [4.69, 9.17) is 14.8 Å². The van der Waals surface area contributed by atoms with Crippen molar-refractivity contribution in [2.45, 2.75) is 59.3 Å². The maximum atomic E-state index is 6.52. The van der Waals surface area contributed by atoms with Gasteiger partial charge in [0.25, 0.3) is 0 Å². The van der Waals surface area contributed by atoms with Gasteiger partial charge in [-0.25, -0.2) is 4.98 Å². The predicted molar refractivity (Wildman–Crippen MR) is 220 cm³/mol. The molecule has 9 rings (SSSR count). The van der Waals surface area contributed by atoms with E-state index in [1.54, 1.807) is 0 Å². The first-order valence-electron chi connectivity index (χ1n) is 18.4. The zero-order valence-electron chi connectivity index (χ0n) is 31.1. The van der Waals surface area contributed by atoms with Crippen molar-refractivity contribution in [2.24, 2.45) is 0 Å². The van der Waals surface area contributed by atoms with Crippen LogP contribution in [0.2, 0.25) is 0 Å². The summed E-state index contributed by atoms with van der Waals surface area (Å²) in [4.78, 5) is 4.81. The van der Waals surface area contributed by atoms with Gasteiger partial charge in [-0.05, 0) is 75.3 Å². The number of aromatic nitrogens is 4. The fourth-order valence-corrected chi connectivity index (χ4v) is 8.72. The van der Waals surface area contributed by atoms with Crippen LogP contribution in [-0.2, 0) is 20.4 Å². The minimum atomic E-state index is 0. The van der Waals surface area contributed by atoms with Gasteiger partial charge in [-0.1, -0.05) is 89.5 Å². The van der Waals surface area contributed by atoms with Crippen molar-refractivity contribution < 1.29 is 25.2 Å². The summed E-state index contributed by atoms with van der Waals surface area (Å²) in [7, 11) is 0. The van der Waals surface area contributed by atoms with E-state index < -0.39 is 0 Å². The second-order valence-electron chi connectivity index (χ2n) is 14.8. The van der Waals surface area contributed by atoms with E-state index in [1.807, 2.05) is 64.8 Å². The third-order valence-electron chi connectivity index (χ3n) is 10.3. The van der Waals surface area contributed by atoms with E-state index in [1.165, 1.54) is 42.4 Å². The fraction of sp³-hybridized carbons (Fsp3) is 0.191. The number of pyridine rings is 1. The molecule has 0 saturated heterocycles. The van der Waals surface area contributed by atoms with Gasteiger partial charge in [0.2, 0.25) is 0 Å². The van der Waals surface area contributed by atoms with Crippen LogP contribution in [0.4, 0.5) is 0 Å². The van der Waals surface area contributed by atoms with Gasteiger partial charge < -0.3 is 9.30 Å². The molecule has 54 heavy (non-hydrogen) atoms. The molecule has 5 aromatic carbocycles. The van der Waals surface area contributed by atoms with Crippen LogP contribution in [-0.4, -0.2) is 19.3 Å². The molecule has 0 aliphatic rings. The van der Waals surface area contributed by atoms with Crippen LogP contribution in [0.25, 0.3) is 64.6 Å². The van der Waals surface area contributed by atoms with E-state index >= 15 is 0 Å². The van der Waals surface area contributed by atoms with Gasteiger partial charge in [0.15, 0.2) is 0 Å². The first-order valence-corrected chi connectivity index (χ1v) is 19.2. The van der Waals surface area contributed by atoms with Gasteiger partial charge in [-0.3, -0.25) is 4.68 Å². The Morgan fingerprint density at radius 2 is 1.43 bits per heavy atom. The summed E-state index contributed by atoms with van der Waals surface area (Å²) >= 11 is 1.82. The van der Waals surface area contributed by atoms with Crippen molar-refractivity contribution in [3.63, 3.8) is 0 Å². The zero-order chi connectivity index (χ0) is 36.4. The SMILES string of the molecule is CC(C)c1cc(C(C)C)c(-c2cnn(-c3[c-]c(Oc4[c-]c5c(cc4)c4ccc6sc7ccccc7c6c4n5-c4ccccn4)ccc3)c2)c(C(C)C)c1.[Pd+2]. The van der Waals surface area contributed by atoms with Crippen LogP contribution >= 0.6 is 11.3 Å². The largest absolute Gasteiger partial charge is 2.00 e. The van der Waals surface area contributed by atoms with Crippen molar-refractivity contribution in [1.29, 1.82) is 0 Å². The van der Waals surface area contributed by atoms with Crippen LogP contribution in [0, 0.1) is 12.1 Å². The monoisotopic (exact) mass is 814 g/mol. The smallest absolute Gasteiger partial charge is 0.509 e. The predicted octanol–water partition coefficient (Wildman–Crippen LogP) is 13.2. The molecule has 9 aromatic rings. The van der Waals surface area contributed by atoms with Crippen molar-refractivity contribution in [3.8, 4) is 34.1 Å². The molecule has 0 aliphatic carbocycles. The Morgan fingerprint density at radius 3 is 2.17 bits per heavy atom. The summed E-state index contributed by atoms with van der Waals surface area (Å²) < 4.78 is 13.2. The zero-order valence-corrected chi connectivity index (χ0v) is 33.5. The summed E-state index contributed by atoms with van der Waals surface area (Å²) in [6.45, 7) is 13.7. The summed E-state index contributed by atoms with van der Waals surface area (Å²) in [6.07, 6.45) is 5.94. The number of ether oxygens (including phenoxy) is 1. The third kappa shape index (κ3) is 6.15. The minimum absolute atomic E-state index is 0. The Morgan fingerprint density at radius 1 is 0.685 bits per heavy atom. The quantitative estimate of drug-likeness (QED) is 0.113. The minimum Gasteiger partial charge on any atom is -0.509 e. The molecule has 5 nitrogen and oxygen atoms in total. The third-order valence-corrected chi connectivity index (χ3v) is 11.4. The van der Waals surface area contributed by atoms with Crippen LogP contribution in [0.3, 0.4) is 0 Å². The van der Waals surface area contributed by atoms with Crippen LogP contribution in [0.5, 0.6) is 11.5 Å². The molecule has 0 aliphatic heterocycles. The molecule has 0 atom stereocenters. The summed E-state index contributed by atoms with van der Waals surface area (Å²) in [5.74, 6) is 3.27. The number of hydrogen-bond acceptors (Lipinski definition) is 4. The van der Waals surface area contributed by atoms with Gasteiger partial charge in [-0.15, -0.1) is 47.1 Å². The van der Waals surface area contributed by atoms with Crippen molar-refractivity contribution >= 4 is 53.3 Å². The first-order chi connectivity index (χ1) is 25.7. The molecule has 0 N–H and O–H groups in total. The molecule has 270 valence electrons. The molecule has 4 heterocycles. The average Bonchev–Trinajstić information content (AvgIpc) is 3.89. The molecule has 0 spiro atoms. The fourth-order valence-electron chi connectivity index (χ4n) is 7.61. The molecule has 0 amide bonds. The Labute approximate surface area is 333 Å². The van der Waals surface area contributed by atoms with Crippen LogP contribution < -0.4 is 4.74 Å². The van der Waals surface area contributed by atoms with Gasteiger partial charge >= 0.3 is 20.4 Å². The van der Waals surface area contributed by atoms with Crippen molar-refractivity contribution in [1.82, 2.24) is 19.3 Å². The van der Waals surface area contributed by atoms with E-state index in [2.05, 4.69) is 125 Å². The van der Waals surface area contributed by atoms with E-state index in [0.29, 0.717) is 29.3 Å². The normalized spacial score (nSPS) is 11.9. The Bertz CT molecular complexity index is 2780. The topological polar surface area (TPSA) is 44.9 Å². The average molecular weight is 815 g/mol. The van der Waals surface area contributed by atoms with Crippen molar-refractivity contribution in [2.75, 3.05) is 0 Å². The van der Waals surface area contributed by atoms with Crippen molar-refractivity contribution in [3.05, 3.63) is 144 Å². The number of nitrogens with zero attached hydrogens (tertiary/aromatic N) is 4. The second kappa shape index (κ2) is 14.3. The molecule has 0 saturated carbocycles. The number of thiophene rings is 1. The molecule has 4 aromatic heterocycles. The molecule has 0 bridgehead atoms. The summed E-state index contributed by atoms with van der Waals surface area (Å²) in [6, 6.07) is 41.1. The number of hydrogen-bond donors (Lipinski definition) is 0. The Kier molecular flexibility index (Phi) is 9.52.